The summed E-state index contributed by atoms with van der Waals surface area (Å²) < 4.78 is 28.6. The molecule has 2 N–H and O–H groups in total. The average molecular weight is 492 g/mol. The molecule has 0 saturated heterocycles. The first-order chi connectivity index (χ1) is 17.2. The van der Waals surface area contributed by atoms with Gasteiger partial charge >= 0.3 is 0 Å². The van der Waals surface area contributed by atoms with E-state index in [1.165, 1.54) is 6.33 Å². The van der Waals surface area contributed by atoms with Gasteiger partial charge in [-0.3, -0.25) is 4.79 Å². The number of aliphatic imine (C=N–C) groups is 1. The van der Waals surface area contributed by atoms with E-state index < -0.39 is 23.6 Å². The molecule has 0 fully saturated rings. The Morgan fingerprint density at radius 1 is 1.19 bits per heavy atom. The second-order valence-corrected chi connectivity index (χ2v) is 8.20. The number of rotatable bonds is 7. The van der Waals surface area contributed by atoms with Gasteiger partial charge in [0.05, 0.1) is 12.0 Å². The number of hydrogen-bond donors (Lipinski definition) is 2. The first-order valence-corrected chi connectivity index (χ1v) is 10.8. The van der Waals surface area contributed by atoms with Gasteiger partial charge in [0, 0.05) is 25.8 Å². The Balaban J connectivity index is 1.68. The van der Waals surface area contributed by atoms with Crippen molar-refractivity contribution in [3.63, 3.8) is 0 Å². The van der Waals surface area contributed by atoms with Crippen LogP contribution in [0.25, 0.3) is 22.8 Å². The largest absolute Gasteiger partial charge is 0.378 e. The molecule has 0 saturated carbocycles. The summed E-state index contributed by atoms with van der Waals surface area (Å²) in [5.41, 5.74) is 3.29. The van der Waals surface area contributed by atoms with E-state index >= 15 is 0 Å². The zero-order chi connectivity index (χ0) is 26.0. The van der Waals surface area contributed by atoms with Crippen molar-refractivity contribution in [1.29, 1.82) is 0 Å². The topological polar surface area (TPSA) is 109 Å². The predicted octanol–water partition coefficient (Wildman–Crippen LogP) is 3.94. The van der Waals surface area contributed by atoms with Gasteiger partial charge in [-0.25, -0.2) is 28.4 Å². The fraction of sp³-hybridized carbons (Fsp3) is 0.160. The molecule has 11 heteroatoms. The lowest BCUT2D eigenvalue weighted by Crippen LogP contribution is -2.21. The SMILES string of the molecule is C=Cc1nn(-c2ccc(NC(=O)C(O)c3cc(F)cc(F)c3)cc2C)c2c(/N=C/N(C)C)ncnc12. The van der Waals surface area contributed by atoms with Crippen molar-refractivity contribution < 1.29 is 18.7 Å². The van der Waals surface area contributed by atoms with Gasteiger partial charge in [0.2, 0.25) is 0 Å². The minimum atomic E-state index is -1.75. The number of carbonyl (C=O) groups is 1. The molecule has 0 spiro atoms. The second-order valence-electron chi connectivity index (χ2n) is 8.20. The number of aryl methyl sites for hydroxylation is 1. The summed E-state index contributed by atoms with van der Waals surface area (Å²) in [6.07, 6.45) is 2.86. The Labute approximate surface area is 205 Å². The molecule has 1 atom stereocenters. The Morgan fingerprint density at radius 3 is 2.56 bits per heavy atom. The molecule has 2 heterocycles. The maximum Gasteiger partial charge on any atom is 0.257 e. The van der Waals surface area contributed by atoms with Crippen LogP contribution >= 0.6 is 0 Å². The molecule has 0 aliphatic heterocycles. The molecule has 36 heavy (non-hydrogen) atoms. The first kappa shape index (κ1) is 24.6. The number of halogens is 2. The van der Waals surface area contributed by atoms with Gasteiger partial charge in [-0.1, -0.05) is 6.58 Å². The molecule has 0 aliphatic rings. The fourth-order valence-corrected chi connectivity index (χ4v) is 3.60. The van der Waals surface area contributed by atoms with E-state index in [2.05, 4.69) is 32.0 Å². The number of aliphatic hydroxyl groups is 1. The number of benzene rings is 2. The molecule has 4 rings (SSSR count). The fourth-order valence-electron chi connectivity index (χ4n) is 3.60. The number of fused-ring (bicyclic) bond motifs is 1. The van der Waals surface area contributed by atoms with Crippen LogP contribution in [0, 0.1) is 18.6 Å². The standard InChI is InChI=1S/C25H23F2N7O2/c1-5-19-21-22(24(29-12-28-21)30-13-33(3)4)34(32-19)20-7-6-18(8-14(20)2)31-25(36)23(35)15-9-16(26)11-17(27)10-15/h5-13,23,35H,1H2,2-4H3,(H,31,36)/b30-13+. The minimum absolute atomic E-state index is 0.191. The highest BCUT2D eigenvalue weighted by Gasteiger charge is 2.21. The summed E-state index contributed by atoms with van der Waals surface area (Å²) in [5.74, 6) is -2.20. The minimum Gasteiger partial charge on any atom is -0.378 e. The lowest BCUT2D eigenvalue weighted by atomic mass is 10.1. The van der Waals surface area contributed by atoms with Gasteiger partial charge in [-0.15, -0.1) is 0 Å². The van der Waals surface area contributed by atoms with Crippen LogP contribution in [0.15, 0.2) is 54.3 Å². The third kappa shape index (κ3) is 4.96. The zero-order valence-electron chi connectivity index (χ0n) is 19.8. The monoisotopic (exact) mass is 491 g/mol. The number of nitrogens with zero attached hydrogens (tertiary/aromatic N) is 6. The molecule has 9 nitrogen and oxygen atoms in total. The van der Waals surface area contributed by atoms with Crippen LogP contribution < -0.4 is 5.32 Å². The highest BCUT2D eigenvalue weighted by Crippen LogP contribution is 2.30. The van der Waals surface area contributed by atoms with Crippen LogP contribution in [-0.2, 0) is 4.79 Å². The van der Waals surface area contributed by atoms with Crippen molar-refractivity contribution in [3.8, 4) is 5.69 Å². The molecule has 2 aromatic carbocycles. The van der Waals surface area contributed by atoms with Crippen molar-refractivity contribution in [3.05, 3.63) is 77.8 Å². The summed E-state index contributed by atoms with van der Waals surface area (Å²) in [4.78, 5) is 27.4. The van der Waals surface area contributed by atoms with Gasteiger partial charge in [0.25, 0.3) is 5.91 Å². The van der Waals surface area contributed by atoms with Gasteiger partial charge < -0.3 is 15.3 Å². The summed E-state index contributed by atoms with van der Waals surface area (Å²) in [7, 11) is 3.68. The van der Waals surface area contributed by atoms with E-state index in [-0.39, 0.29) is 5.56 Å². The number of hydrogen-bond acceptors (Lipinski definition) is 6. The van der Waals surface area contributed by atoms with Gasteiger partial charge in [0.1, 0.15) is 34.7 Å². The van der Waals surface area contributed by atoms with Gasteiger partial charge in [-0.2, -0.15) is 5.10 Å². The van der Waals surface area contributed by atoms with Crippen LogP contribution in [0.2, 0.25) is 0 Å². The molecule has 0 aliphatic carbocycles. The summed E-state index contributed by atoms with van der Waals surface area (Å²) in [6, 6.07) is 7.49. The van der Waals surface area contributed by atoms with Crippen LogP contribution in [0.4, 0.5) is 20.3 Å². The van der Waals surface area contributed by atoms with E-state index in [0.29, 0.717) is 40.0 Å². The van der Waals surface area contributed by atoms with E-state index in [1.807, 2.05) is 21.0 Å². The van der Waals surface area contributed by atoms with Gasteiger partial charge in [-0.05, 0) is 54.5 Å². The second kappa shape index (κ2) is 10.0. The van der Waals surface area contributed by atoms with Crippen LogP contribution in [0.1, 0.15) is 22.9 Å². The van der Waals surface area contributed by atoms with Crippen LogP contribution in [-0.4, -0.2) is 56.1 Å². The predicted molar refractivity (Wildman–Crippen MR) is 133 cm³/mol. The number of anilines is 1. The molecule has 1 unspecified atom stereocenters. The van der Waals surface area contributed by atoms with Crippen molar-refractivity contribution in [2.45, 2.75) is 13.0 Å². The van der Waals surface area contributed by atoms with E-state index in [1.54, 1.807) is 40.2 Å². The molecule has 0 radical (unpaired) electrons. The Bertz CT molecular complexity index is 1480. The molecule has 2 aromatic heterocycles. The summed E-state index contributed by atoms with van der Waals surface area (Å²) >= 11 is 0. The summed E-state index contributed by atoms with van der Waals surface area (Å²) in [6.45, 7) is 5.63. The summed E-state index contributed by atoms with van der Waals surface area (Å²) in [5, 5.41) is 17.4. The van der Waals surface area contributed by atoms with Crippen molar-refractivity contribution in [2.24, 2.45) is 4.99 Å². The first-order valence-electron chi connectivity index (χ1n) is 10.8. The van der Waals surface area contributed by atoms with Crippen LogP contribution in [0.3, 0.4) is 0 Å². The molecule has 184 valence electrons. The van der Waals surface area contributed by atoms with E-state index in [4.69, 9.17) is 0 Å². The number of carbonyl (C=O) groups excluding carboxylic acids is 1. The normalized spacial score (nSPS) is 12.2. The van der Waals surface area contributed by atoms with E-state index in [9.17, 15) is 18.7 Å². The Kier molecular flexibility index (Phi) is 6.84. The smallest absolute Gasteiger partial charge is 0.257 e. The number of nitrogens with one attached hydrogen (secondary N) is 1. The quantitative estimate of drug-likeness (QED) is 0.300. The van der Waals surface area contributed by atoms with Crippen LogP contribution in [0.5, 0.6) is 0 Å². The number of aliphatic hydroxyl groups excluding tert-OH is 1. The third-order valence-electron chi connectivity index (χ3n) is 5.21. The molecular formula is C25H23F2N7O2. The van der Waals surface area contributed by atoms with Gasteiger partial charge in [0.15, 0.2) is 11.9 Å². The molecular weight excluding hydrogens is 468 g/mol. The Morgan fingerprint density at radius 2 is 1.92 bits per heavy atom. The molecule has 1 amide bonds. The number of aromatic nitrogens is 4. The number of amides is 1. The average Bonchev–Trinajstić information content (AvgIpc) is 3.21. The highest BCUT2D eigenvalue weighted by atomic mass is 19.1. The lowest BCUT2D eigenvalue weighted by molar-refractivity contribution is -0.124. The van der Waals surface area contributed by atoms with Crippen molar-refractivity contribution in [1.82, 2.24) is 24.6 Å². The Hall–Kier alpha value is -4.51. The van der Waals surface area contributed by atoms with Crippen molar-refractivity contribution >= 4 is 40.9 Å². The van der Waals surface area contributed by atoms with Crippen molar-refractivity contribution in [2.75, 3.05) is 19.4 Å². The third-order valence-corrected chi connectivity index (χ3v) is 5.21. The molecule has 0 bridgehead atoms. The zero-order valence-corrected chi connectivity index (χ0v) is 19.8. The lowest BCUT2D eigenvalue weighted by Gasteiger charge is -2.14. The molecule has 4 aromatic rings. The maximum atomic E-state index is 13.5. The maximum absolute atomic E-state index is 13.5. The van der Waals surface area contributed by atoms with E-state index in [0.717, 1.165) is 17.7 Å². The highest BCUT2D eigenvalue weighted by molar-refractivity contribution is 5.95.